The molecule has 1 aliphatic heterocycles. The molecule has 0 amide bonds. The third-order valence-corrected chi connectivity index (χ3v) is 2.96. The minimum Gasteiger partial charge on any atom is -0.368 e. The molecule has 1 saturated heterocycles. The Morgan fingerprint density at radius 3 is 2.73 bits per heavy atom. The highest BCUT2D eigenvalue weighted by molar-refractivity contribution is 5.13. The number of rotatable bonds is 4. The first kappa shape index (κ1) is 10.6. The summed E-state index contributed by atoms with van der Waals surface area (Å²) in [5, 5.41) is 3.30. The summed E-state index contributed by atoms with van der Waals surface area (Å²) >= 11 is 0. The molecule has 3 N–H and O–H groups in total. The van der Waals surface area contributed by atoms with E-state index in [1.54, 1.807) is 0 Å². The van der Waals surface area contributed by atoms with Crippen molar-refractivity contribution in [2.75, 3.05) is 19.6 Å². The van der Waals surface area contributed by atoms with Crippen molar-refractivity contribution in [2.24, 2.45) is 5.73 Å². The zero-order valence-electron chi connectivity index (χ0n) is 8.91. The van der Waals surface area contributed by atoms with Crippen LogP contribution in [0.1, 0.15) is 12.0 Å². The smallest absolute Gasteiger partial charge is 0.0944 e. The van der Waals surface area contributed by atoms with Crippen molar-refractivity contribution in [3.05, 3.63) is 35.9 Å². The van der Waals surface area contributed by atoms with Crippen LogP contribution in [0, 0.1) is 0 Å². The molecule has 82 valence electrons. The van der Waals surface area contributed by atoms with Gasteiger partial charge >= 0.3 is 0 Å². The van der Waals surface area contributed by atoms with Gasteiger partial charge in [-0.1, -0.05) is 30.3 Å². The van der Waals surface area contributed by atoms with Gasteiger partial charge in [-0.3, -0.25) is 0 Å². The second-order valence-electron chi connectivity index (χ2n) is 4.09. The maximum Gasteiger partial charge on any atom is 0.0944 e. The molecule has 0 aliphatic carbocycles. The average Bonchev–Trinajstić information content (AvgIpc) is 2.77. The summed E-state index contributed by atoms with van der Waals surface area (Å²) < 4.78 is 5.94. The van der Waals surface area contributed by atoms with Gasteiger partial charge in [0.15, 0.2) is 0 Å². The zero-order chi connectivity index (χ0) is 10.6. The topological polar surface area (TPSA) is 47.3 Å². The molecule has 1 heterocycles. The molecule has 1 aliphatic rings. The monoisotopic (exact) mass is 206 g/mol. The van der Waals surface area contributed by atoms with Gasteiger partial charge < -0.3 is 15.8 Å². The van der Waals surface area contributed by atoms with Crippen LogP contribution < -0.4 is 11.1 Å². The molecule has 2 rings (SSSR count). The SMILES string of the molecule is NCC1(OCc2ccccc2)CCNC1. The van der Waals surface area contributed by atoms with Crippen LogP contribution in [0.3, 0.4) is 0 Å². The van der Waals surface area contributed by atoms with Crippen LogP contribution >= 0.6 is 0 Å². The van der Waals surface area contributed by atoms with E-state index >= 15 is 0 Å². The molecule has 1 aromatic rings. The summed E-state index contributed by atoms with van der Waals surface area (Å²) in [6, 6.07) is 10.2. The number of ether oxygens (including phenoxy) is 1. The quantitative estimate of drug-likeness (QED) is 0.769. The lowest BCUT2D eigenvalue weighted by Crippen LogP contribution is -2.42. The molecular weight excluding hydrogens is 188 g/mol. The zero-order valence-corrected chi connectivity index (χ0v) is 8.91. The summed E-state index contributed by atoms with van der Waals surface area (Å²) in [7, 11) is 0. The lowest BCUT2D eigenvalue weighted by Gasteiger charge is -2.26. The van der Waals surface area contributed by atoms with Crippen LogP contribution in [0.2, 0.25) is 0 Å². The van der Waals surface area contributed by atoms with Gasteiger partial charge in [-0.15, -0.1) is 0 Å². The highest BCUT2D eigenvalue weighted by atomic mass is 16.5. The first-order valence-corrected chi connectivity index (χ1v) is 5.43. The summed E-state index contributed by atoms with van der Waals surface area (Å²) in [6.45, 7) is 3.12. The molecule has 0 radical (unpaired) electrons. The second-order valence-corrected chi connectivity index (χ2v) is 4.09. The molecule has 0 aromatic heterocycles. The Hall–Kier alpha value is -0.900. The van der Waals surface area contributed by atoms with E-state index in [2.05, 4.69) is 17.4 Å². The van der Waals surface area contributed by atoms with E-state index in [1.807, 2.05) is 18.2 Å². The molecule has 1 fully saturated rings. The first-order chi connectivity index (χ1) is 7.35. The van der Waals surface area contributed by atoms with Gasteiger partial charge in [0.1, 0.15) is 0 Å². The van der Waals surface area contributed by atoms with Crippen molar-refractivity contribution in [3.63, 3.8) is 0 Å². The summed E-state index contributed by atoms with van der Waals surface area (Å²) in [4.78, 5) is 0. The maximum atomic E-state index is 5.94. The molecule has 1 aromatic carbocycles. The van der Waals surface area contributed by atoms with Crippen molar-refractivity contribution in [1.82, 2.24) is 5.32 Å². The van der Waals surface area contributed by atoms with E-state index in [-0.39, 0.29) is 5.60 Å². The summed E-state index contributed by atoms with van der Waals surface area (Å²) in [5.74, 6) is 0. The molecule has 0 saturated carbocycles. The van der Waals surface area contributed by atoms with Crippen LogP contribution in [0.15, 0.2) is 30.3 Å². The van der Waals surface area contributed by atoms with Crippen LogP contribution in [0.25, 0.3) is 0 Å². The van der Waals surface area contributed by atoms with Gasteiger partial charge in [-0.05, 0) is 18.5 Å². The van der Waals surface area contributed by atoms with Crippen molar-refractivity contribution in [3.8, 4) is 0 Å². The Labute approximate surface area is 90.6 Å². The highest BCUT2D eigenvalue weighted by Crippen LogP contribution is 2.20. The van der Waals surface area contributed by atoms with E-state index in [1.165, 1.54) is 5.56 Å². The maximum absolute atomic E-state index is 5.94. The van der Waals surface area contributed by atoms with E-state index in [4.69, 9.17) is 10.5 Å². The summed E-state index contributed by atoms with van der Waals surface area (Å²) in [6.07, 6.45) is 1.01. The van der Waals surface area contributed by atoms with E-state index < -0.39 is 0 Å². The summed E-state index contributed by atoms with van der Waals surface area (Å²) in [5.41, 5.74) is 6.83. The molecule has 1 unspecified atom stereocenters. The van der Waals surface area contributed by atoms with E-state index in [0.29, 0.717) is 13.2 Å². The lowest BCUT2D eigenvalue weighted by molar-refractivity contribution is -0.0350. The Bertz CT molecular complexity index is 294. The standard InChI is InChI=1S/C12H18N2O/c13-9-12(6-7-14-10-12)15-8-11-4-2-1-3-5-11/h1-5,14H,6-10,13H2. The number of hydrogen-bond donors (Lipinski definition) is 2. The molecule has 3 nitrogen and oxygen atoms in total. The van der Waals surface area contributed by atoms with Gasteiger partial charge in [0.2, 0.25) is 0 Å². The first-order valence-electron chi connectivity index (χ1n) is 5.43. The minimum atomic E-state index is -0.143. The molecule has 15 heavy (non-hydrogen) atoms. The van der Waals surface area contributed by atoms with Crippen LogP contribution in [-0.4, -0.2) is 25.2 Å². The van der Waals surface area contributed by atoms with E-state index in [9.17, 15) is 0 Å². The fourth-order valence-electron chi connectivity index (χ4n) is 1.89. The molecule has 3 heteroatoms. The number of hydrogen-bond acceptors (Lipinski definition) is 3. The molecule has 0 bridgehead atoms. The van der Waals surface area contributed by atoms with Gasteiger partial charge in [0.25, 0.3) is 0 Å². The van der Waals surface area contributed by atoms with Crippen LogP contribution in [0.4, 0.5) is 0 Å². The van der Waals surface area contributed by atoms with E-state index in [0.717, 1.165) is 19.5 Å². The van der Waals surface area contributed by atoms with Crippen molar-refractivity contribution < 1.29 is 4.74 Å². The third-order valence-electron chi connectivity index (χ3n) is 2.96. The lowest BCUT2D eigenvalue weighted by atomic mass is 10.0. The van der Waals surface area contributed by atoms with Crippen LogP contribution in [-0.2, 0) is 11.3 Å². The Morgan fingerprint density at radius 2 is 2.13 bits per heavy atom. The Kier molecular flexibility index (Phi) is 3.36. The second kappa shape index (κ2) is 4.75. The highest BCUT2D eigenvalue weighted by Gasteiger charge is 2.33. The molecule has 1 atom stereocenters. The molecular formula is C12H18N2O. The Balaban J connectivity index is 1.92. The van der Waals surface area contributed by atoms with Crippen molar-refractivity contribution in [1.29, 1.82) is 0 Å². The molecule has 0 spiro atoms. The minimum absolute atomic E-state index is 0.143. The fraction of sp³-hybridized carbons (Fsp3) is 0.500. The Morgan fingerprint density at radius 1 is 1.33 bits per heavy atom. The van der Waals surface area contributed by atoms with Gasteiger partial charge in [0, 0.05) is 13.1 Å². The van der Waals surface area contributed by atoms with Gasteiger partial charge in [-0.2, -0.15) is 0 Å². The van der Waals surface area contributed by atoms with Crippen molar-refractivity contribution in [2.45, 2.75) is 18.6 Å². The van der Waals surface area contributed by atoms with Crippen molar-refractivity contribution >= 4 is 0 Å². The third kappa shape index (κ3) is 2.56. The van der Waals surface area contributed by atoms with Gasteiger partial charge in [-0.25, -0.2) is 0 Å². The number of nitrogens with one attached hydrogen (secondary N) is 1. The normalized spacial score (nSPS) is 25.7. The number of nitrogens with two attached hydrogens (primary N) is 1. The predicted octanol–water partition coefficient (Wildman–Crippen LogP) is 0.894. The van der Waals surface area contributed by atoms with Gasteiger partial charge in [0.05, 0.1) is 12.2 Å². The fourth-order valence-corrected chi connectivity index (χ4v) is 1.89. The van der Waals surface area contributed by atoms with Crippen LogP contribution in [0.5, 0.6) is 0 Å². The number of benzene rings is 1. The largest absolute Gasteiger partial charge is 0.368 e. The predicted molar refractivity (Wildman–Crippen MR) is 60.5 cm³/mol. The average molecular weight is 206 g/mol.